The van der Waals surface area contributed by atoms with Crippen LogP contribution in [0, 0.1) is 0 Å². The van der Waals surface area contributed by atoms with Gasteiger partial charge in [0, 0.05) is 28.4 Å². The zero-order valence-corrected chi connectivity index (χ0v) is 21.3. The highest BCUT2D eigenvalue weighted by molar-refractivity contribution is 6.98. The molecule has 0 unspecified atom stereocenters. The van der Waals surface area contributed by atoms with E-state index in [0.717, 1.165) is 44.7 Å². The van der Waals surface area contributed by atoms with Crippen molar-refractivity contribution in [2.24, 2.45) is 0 Å². The van der Waals surface area contributed by atoms with Crippen molar-refractivity contribution in [3.05, 3.63) is 121 Å². The predicted molar refractivity (Wildman–Crippen MR) is 158 cm³/mol. The lowest BCUT2D eigenvalue weighted by molar-refractivity contribution is 0.460. The Bertz CT molecular complexity index is 1930. The first kappa shape index (κ1) is 22.6. The fourth-order valence-corrected chi connectivity index (χ4v) is 5.77. The molecule has 2 aromatic heterocycles. The smallest absolute Gasteiger partial charge is 0.260 e. The lowest BCUT2D eigenvalue weighted by Gasteiger charge is -2.34. The number of hydrogen-bond acceptors (Lipinski definition) is 5. The summed E-state index contributed by atoms with van der Waals surface area (Å²) in [7, 11) is 0. The molecule has 5 nitrogen and oxygen atoms in total. The minimum atomic E-state index is -0.120. The molecule has 1 N–H and O–H groups in total. The Morgan fingerprint density at radius 1 is 0.600 bits per heavy atom. The number of fused-ring (bicyclic) bond motifs is 4. The van der Waals surface area contributed by atoms with E-state index >= 15 is 0 Å². The highest BCUT2D eigenvalue weighted by Crippen LogP contribution is 2.45. The third-order valence-electron chi connectivity index (χ3n) is 7.57. The first-order valence-electron chi connectivity index (χ1n) is 13.2. The highest BCUT2D eigenvalue weighted by atomic mass is 16.5. The minimum Gasteiger partial charge on any atom is -0.507 e. The summed E-state index contributed by atoms with van der Waals surface area (Å²) in [6.45, 7) is -0.120. The van der Waals surface area contributed by atoms with Gasteiger partial charge in [0.1, 0.15) is 28.6 Å². The number of rotatable bonds is 3. The Balaban J connectivity index is 1.46. The zero-order valence-electron chi connectivity index (χ0n) is 21.3. The summed E-state index contributed by atoms with van der Waals surface area (Å²) < 4.78 is 13.3. The third kappa shape index (κ3) is 3.43. The van der Waals surface area contributed by atoms with Crippen LogP contribution in [0.3, 0.4) is 0 Å². The molecule has 4 aromatic carbocycles. The van der Waals surface area contributed by atoms with E-state index in [-0.39, 0.29) is 12.5 Å². The molecule has 0 fully saturated rings. The van der Waals surface area contributed by atoms with Gasteiger partial charge in [-0.05, 0) is 53.4 Å². The Kier molecular flexibility index (Phi) is 5.00. The predicted octanol–water partition coefficient (Wildman–Crippen LogP) is 5.91. The maximum absolute atomic E-state index is 10.9. The van der Waals surface area contributed by atoms with Crippen LogP contribution in [-0.4, -0.2) is 21.8 Å². The van der Waals surface area contributed by atoms with E-state index in [1.54, 1.807) is 18.3 Å². The second-order valence-electron chi connectivity index (χ2n) is 9.91. The normalized spacial score (nSPS) is 12.4. The second-order valence-corrected chi connectivity index (χ2v) is 9.91. The lowest BCUT2D eigenvalue weighted by Crippen LogP contribution is -2.57. The van der Waals surface area contributed by atoms with Crippen molar-refractivity contribution in [2.75, 3.05) is 0 Å². The molecule has 188 valence electrons. The van der Waals surface area contributed by atoms with Crippen LogP contribution in [0.15, 0.2) is 121 Å². The lowest BCUT2D eigenvalue weighted by atomic mass is 9.34. The Morgan fingerprint density at radius 2 is 1.25 bits per heavy atom. The van der Waals surface area contributed by atoms with Crippen molar-refractivity contribution in [1.82, 2.24) is 9.97 Å². The molecule has 6 aromatic rings. The molecule has 0 aliphatic carbocycles. The topological polar surface area (TPSA) is 64.5 Å². The molecule has 40 heavy (non-hydrogen) atoms. The fourth-order valence-electron chi connectivity index (χ4n) is 5.77. The third-order valence-corrected chi connectivity index (χ3v) is 7.57. The van der Waals surface area contributed by atoms with E-state index in [9.17, 15) is 5.11 Å². The van der Waals surface area contributed by atoms with Crippen LogP contribution < -0.4 is 25.9 Å². The van der Waals surface area contributed by atoms with E-state index in [4.69, 9.17) is 14.5 Å². The van der Waals surface area contributed by atoms with Gasteiger partial charge in [0.05, 0.1) is 5.69 Å². The summed E-state index contributed by atoms with van der Waals surface area (Å²) in [5.41, 5.74) is 7.61. The first-order chi connectivity index (χ1) is 19.8. The fraction of sp³-hybridized carbons (Fsp3) is 0. The van der Waals surface area contributed by atoms with Crippen molar-refractivity contribution >= 4 is 23.1 Å². The van der Waals surface area contributed by atoms with Gasteiger partial charge in [-0.1, -0.05) is 72.8 Å². The number of phenols is 1. The van der Waals surface area contributed by atoms with Crippen LogP contribution in [0.1, 0.15) is 0 Å². The summed E-state index contributed by atoms with van der Waals surface area (Å²) in [6, 6.07) is 37.5. The SMILES string of the molecule is Oc1ccccc1-c1nc(-c2cccc(-c3ccccn3)c2)c2c3c1Oc1ccccc1B3c1ccccc1O2. The van der Waals surface area contributed by atoms with Gasteiger partial charge in [-0.3, -0.25) is 4.98 Å². The van der Waals surface area contributed by atoms with Gasteiger partial charge in [-0.25, -0.2) is 4.98 Å². The van der Waals surface area contributed by atoms with Crippen LogP contribution in [0.4, 0.5) is 0 Å². The molecule has 0 amide bonds. The van der Waals surface area contributed by atoms with E-state index in [2.05, 4.69) is 23.2 Å². The Labute approximate surface area is 231 Å². The van der Waals surface area contributed by atoms with Gasteiger partial charge in [0.25, 0.3) is 6.71 Å². The second kappa shape index (κ2) is 8.85. The summed E-state index contributed by atoms with van der Waals surface area (Å²) in [5.74, 6) is 2.95. The molecule has 0 atom stereocenters. The molecule has 2 aliphatic rings. The maximum Gasteiger partial charge on any atom is 0.260 e. The van der Waals surface area contributed by atoms with Gasteiger partial charge < -0.3 is 14.6 Å². The van der Waals surface area contributed by atoms with Crippen molar-refractivity contribution in [3.8, 4) is 62.5 Å². The Morgan fingerprint density at radius 3 is 1.98 bits per heavy atom. The van der Waals surface area contributed by atoms with Crippen LogP contribution in [0.2, 0.25) is 0 Å². The van der Waals surface area contributed by atoms with Gasteiger partial charge in [-0.15, -0.1) is 0 Å². The minimum absolute atomic E-state index is 0.120. The van der Waals surface area contributed by atoms with Crippen LogP contribution in [-0.2, 0) is 0 Å². The van der Waals surface area contributed by atoms with E-state index in [0.29, 0.717) is 28.5 Å². The van der Waals surface area contributed by atoms with Gasteiger partial charge >= 0.3 is 0 Å². The molecule has 0 saturated heterocycles. The summed E-state index contributed by atoms with van der Waals surface area (Å²) in [5, 5.41) is 10.9. The number of aromatic nitrogens is 2. The maximum atomic E-state index is 10.9. The molecular weight excluding hydrogens is 495 g/mol. The van der Waals surface area contributed by atoms with Crippen molar-refractivity contribution < 1.29 is 14.6 Å². The quantitative estimate of drug-likeness (QED) is 0.296. The van der Waals surface area contributed by atoms with Gasteiger partial charge in [0.15, 0.2) is 11.5 Å². The van der Waals surface area contributed by atoms with E-state index < -0.39 is 0 Å². The number of hydrogen-bond donors (Lipinski definition) is 1. The van der Waals surface area contributed by atoms with Crippen molar-refractivity contribution in [2.45, 2.75) is 0 Å². The summed E-state index contributed by atoms with van der Waals surface area (Å²) in [4.78, 5) is 9.72. The first-order valence-corrected chi connectivity index (χ1v) is 13.2. The van der Waals surface area contributed by atoms with Crippen LogP contribution in [0.25, 0.3) is 33.8 Å². The van der Waals surface area contributed by atoms with Crippen LogP contribution in [0.5, 0.6) is 28.7 Å². The zero-order chi connectivity index (χ0) is 26.6. The number of pyridine rings is 2. The van der Waals surface area contributed by atoms with Crippen molar-refractivity contribution in [1.29, 1.82) is 0 Å². The molecule has 6 heteroatoms. The monoisotopic (exact) mass is 516 g/mol. The average molecular weight is 516 g/mol. The standard InChI is InChI=1S/C34H21BN2O3/c38-27-16-4-1-12-23(27)32-34-30-33(31(37-32)22-11-9-10-21(20-22)26-15-7-8-19-36-26)39-28-17-5-2-13-24(28)35(30)25-14-3-6-18-29(25)40-34/h1-20,38H. The largest absolute Gasteiger partial charge is 0.507 e. The molecule has 4 heterocycles. The van der Waals surface area contributed by atoms with E-state index in [1.807, 2.05) is 84.9 Å². The molecule has 8 rings (SSSR count). The van der Waals surface area contributed by atoms with Gasteiger partial charge in [-0.2, -0.15) is 0 Å². The van der Waals surface area contributed by atoms with Crippen LogP contribution >= 0.6 is 0 Å². The number of phenolic OH excluding ortho intramolecular Hbond substituents is 1. The number of para-hydroxylation sites is 3. The molecule has 0 radical (unpaired) electrons. The van der Waals surface area contributed by atoms with Crippen molar-refractivity contribution in [3.63, 3.8) is 0 Å². The molecule has 0 bridgehead atoms. The molecule has 2 aliphatic heterocycles. The molecular formula is C34H21BN2O3. The average Bonchev–Trinajstić information content (AvgIpc) is 3.02. The Hall–Kier alpha value is -5.36. The number of benzene rings is 4. The molecule has 0 spiro atoms. The molecule has 0 saturated carbocycles. The number of aromatic hydroxyl groups is 1. The number of ether oxygens (including phenoxy) is 2. The number of nitrogens with zero attached hydrogens (tertiary/aromatic N) is 2. The summed E-state index contributed by atoms with van der Waals surface area (Å²) >= 11 is 0. The highest BCUT2D eigenvalue weighted by Gasteiger charge is 2.43. The summed E-state index contributed by atoms with van der Waals surface area (Å²) in [6.07, 6.45) is 1.79. The van der Waals surface area contributed by atoms with E-state index in [1.165, 1.54) is 0 Å². The van der Waals surface area contributed by atoms with Gasteiger partial charge in [0.2, 0.25) is 0 Å².